The number of aryl methyl sites for hydroxylation is 1. The van der Waals surface area contributed by atoms with E-state index in [0.717, 1.165) is 30.4 Å². The van der Waals surface area contributed by atoms with Crippen LogP contribution in [0.25, 0.3) is 0 Å². The van der Waals surface area contributed by atoms with Gasteiger partial charge in [0.25, 0.3) is 0 Å². The predicted molar refractivity (Wildman–Crippen MR) is 71.1 cm³/mol. The van der Waals surface area contributed by atoms with Crippen molar-refractivity contribution in [3.05, 3.63) is 29.3 Å². The maximum absolute atomic E-state index is 11.4. The van der Waals surface area contributed by atoms with Crippen molar-refractivity contribution in [3.63, 3.8) is 0 Å². The number of carbonyl (C=O) groups is 1. The molecule has 2 rings (SSSR count). The van der Waals surface area contributed by atoms with E-state index in [-0.39, 0.29) is 24.8 Å². The highest BCUT2D eigenvalue weighted by Crippen LogP contribution is 2.31. The molecule has 4 nitrogen and oxygen atoms in total. The van der Waals surface area contributed by atoms with Gasteiger partial charge in [-0.2, -0.15) is 0 Å². The molecule has 0 spiro atoms. The molecule has 0 aromatic heterocycles. The Labute approximate surface area is 113 Å². The van der Waals surface area contributed by atoms with E-state index in [4.69, 9.17) is 9.47 Å². The molecule has 104 valence electrons. The molecule has 1 aliphatic carbocycles. The van der Waals surface area contributed by atoms with Gasteiger partial charge < -0.3 is 14.6 Å². The van der Waals surface area contributed by atoms with Gasteiger partial charge in [-0.1, -0.05) is 6.07 Å². The van der Waals surface area contributed by atoms with Crippen molar-refractivity contribution in [2.45, 2.75) is 45.3 Å². The molecular formula is C15H20O4. The molecule has 1 aromatic rings. The van der Waals surface area contributed by atoms with E-state index in [9.17, 15) is 9.90 Å². The van der Waals surface area contributed by atoms with Crippen molar-refractivity contribution >= 4 is 5.97 Å². The molecule has 0 fully saturated rings. The zero-order valence-electron chi connectivity index (χ0n) is 11.4. The van der Waals surface area contributed by atoms with E-state index in [1.165, 1.54) is 0 Å². The fourth-order valence-corrected chi connectivity index (χ4v) is 2.29. The van der Waals surface area contributed by atoms with Gasteiger partial charge in [0, 0.05) is 0 Å². The highest BCUT2D eigenvalue weighted by atomic mass is 16.6. The van der Waals surface area contributed by atoms with Crippen LogP contribution in [0.5, 0.6) is 5.75 Å². The summed E-state index contributed by atoms with van der Waals surface area (Å²) in [5.74, 6) is 0.279. The molecule has 0 saturated carbocycles. The summed E-state index contributed by atoms with van der Waals surface area (Å²) < 4.78 is 10.4. The lowest BCUT2D eigenvalue weighted by atomic mass is 9.89. The van der Waals surface area contributed by atoms with Gasteiger partial charge in [-0.05, 0) is 56.4 Å². The minimum atomic E-state index is -0.372. The average Bonchev–Trinajstić information content (AvgIpc) is 2.36. The SMILES string of the molecule is CC(C)OC(=O)COc1ccc2c(c1)CCCC2O. The van der Waals surface area contributed by atoms with Crippen LogP contribution < -0.4 is 4.74 Å². The Bertz CT molecular complexity index is 453. The van der Waals surface area contributed by atoms with E-state index >= 15 is 0 Å². The van der Waals surface area contributed by atoms with Gasteiger partial charge >= 0.3 is 5.97 Å². The highest BCUT2D eigenvalue weighted by molar-refractivity contribution is 5.71. The highest BCUT2D eigenvalue weighted by Gasteiger charge is 2.18. The Morgan fingerprint density at radius 1 is 1.47 bits per heavy atom. The lowest BCUT2D eigenvalue weighted by Gasteiger charge is -2.21. The van der Waals surface area contributed by atoms with E-state index < -0.39 is 0 Å². The van der Waals surface area contributed by atoms with Crippen LogP contribution in [0.2, 0.25) is 0 Å². The minimum Gasteiger partial charge on any atom is -0.482 e. The maximum Gasteiger partial charge on any atom is 0.344 e. The molecule has 0 radical (unpaired) electrons. The number of benzene rings is 1. The van der Waals surface area contributed by atoms with Crippen LogP contribution in [0.1, 0.15) is 43.9 Å². The largest absolute Gasteiger partial charge is 0.482 e. The number of hydrogen-bond donors (Lipinski definition) is 1. The summed E-state index contributed by atoms with van der Waals surface area (Å²) in [5, 5.41) is 9.85. The first-order chi connectivity index (χ1) is 9.06. The van der Waals surface area contributed by atoms with Crippen LogP contribution in [0.3, 0.4) is 0 Å². The maximum atomic E-state index is 11.4. The smallest absolute Gasteiger partial charge is 0.344 e. The summed E-state index contributed by atoms with van der Waals surface area (Å²) >= 11 is 0. The van der Waals surface area contributed by atoms with Crippen molar-refractivity contribution in [2.75, 3.05) is 6.61 Å². The van der Waals surface area contributed by atoms with Crippen LogP contribution in [-0.4, -0.2) is 23.8 Å². The molecule has 1 aromatic carbocycles. The van der Waals surface area contributed by atoms with Gasteiger partial charge in [0.15, 0.2) is 6.61 Å². The summed E-state index contributed by atoms with van der Waals surface area (Å²) in [7, 11) is 0. The number of esters is 1. The van der Waals surface area contributed by atoms with Crippen LogP contribution in [-0.2, 0) is 16.0 Å². The van der Waals surface area contributed by atoms with Gasteiger partial charge in [0.05, 0.1) is 12.2 Å². The Balaban J connectivity index is 1.97. The fourth-order valence-electron chi connectivity index (χ4n) is 2.29. The third kappa shape index (κ3) is 3.70. The van der Waals surface area contributed by atoms with E-state index in [0.29, 0.717) is 5.75 Å². The molecule has 0 aliphatic heterocycles. The quantitative estimate of drug-likeness (QED) is 0.848. The number of rotatable bonds is 4. The number of aliphatic hydroxyl groups is 1. The second kappa shape index (κ2) is 6.06. The molecule has 1 aliphatic rings. The van der Waals surface area contributed by atoms with Crippen molar-refractivity contribution < 1.29 is 19.4 Å². The zero-order valence-corrected chi connectivity index (χ0v) is 11.4. The summed E-state index contributed by atoms with van der Waals surface area (Å²) in [6.07, 6.45) is 2.24. The van der Waals surface area contributed by atoms with E-state index in [1.807, 2.05) is 12.1 Å². The van der Waals surface area contributed by atoms with Crippen molar-refractivity contribution in [1.29, 1.82) is 0 Å². The second-order valence-corrected chi connectivity index (χ2v) is 5.10. The normalized spacial score (nSPS) is 18.0. The summed E-state index contributed by atoms with van der Waals surface area (Å²) in [6, 6.07) is 5.57. The minimum absolute atomic E-state index is 0.0838. The Morgan fingerprint density at radius 2 is 2.26 bits per heavy atom. The second-order valence-electron chi connectivity index (χ2n) is 5.10. The molecule has 1 unspecified atom stereocenters. The van der Waals surface area contributed by atoms with Gasteiger partial charge in [-0.3, -0.25) is 0 Å². The van der Waals surface area contributed by atoms with Crippen LogP contribution in [0.15, 0.2) is 18.2 Å². The molecule has 0 saturated heterocycles. The van der Waals surface area contributed by atoms with Crippen molar-refractivity contribution in [3.8, 4) is 5.75 Å². The van der Waals surface area contributed by atoms with Crippen LogP contribution >= 0.6 is 0 Å². The van der Waals surface area contributed by atoms with Gasteiger partial charge in [0.2, 0.25) is 0 Å². The van der Waals surface area contributed by atoms with E-state index in [1.54, 1.807) is 19.9 Å². The van der Waals surface area contributed by atoms with Gasteiger partial charge in [-0.15, -0.1) is 0 Å². The Hall–Kier alpha value is -1.55. The van der Waals surface area contributed by atoms with Gasteiger partial charge in [0.1, 0.15) is 5.75 Å². The summed E-state index contributed by atoms with van der Waals surface area (Å²) in [5.41, 5.74) is 2.08. The van der Waals surface area contributed by atoms with E-state index in [2.05, 4.69) is 0 Å². The number of aliphatic hydroxyl groups excluding tert-OH is 1. The average molecular weight is 264 g/mol. The molecule has 1 atom stereocenters. The number of fused-ring (bicyclic) bond motifs is 1. The van der Waals surface area contributed by atoms with Crippen molar-refractivity contribution in [2.24, 2.45) is 0 Å². The monoisotopic (exact) mass is 264 g/mol. The number of carbonyl (C=O) groups excluding carboxylic acids is 1. The molecule has 0 bridgehead atoms. The molecule has 0 amide bonds. The standard InChI is InChI=1S/C15H20O4/c1-10(2)19-15(17)9-18-12-6-7-13-11(8-12)4-3-5-14(13)16/h6-8,10,14,16H,3-5,9H2,1-2H3. The fraction of sp³-hybridized carbons (Fsp3) is 0.533. The number of hydrogen-bond acceptors (Lipinski definition) is 4. The first-order valence-electron chi connectivity index (χ1n) is 6.69. The summed E-state index contributed by atoms with van der Waals surface area (Å²) in [4.78, 5) is 11.4. The van der Waals surface area contributed by atoms with Crippen LogP contribution in [0, 0.1) is 0 Å². The lowest BCUT2D eigenvalue weighted by molar-refractivity contribution is -0.149. The Kier molecular flexibility index (Phi) is 4.43. The summed E-state index contributed by atoms with van der Waals surface area (Å²) in [6.45, 7) is 3.52. The topological polar surface area (TPSA) is 55.8 Å². The molecule has 19 heavy (non-hydrogen) atoms. The predicted octanol–water partition coefficient (Wildman–Crippen LogP) is 2.39. The lowest BCUT2D eigenvalue weighted by Crippen LogP contribution is -2.19. The van der Waals surface area contributed by atoms with Gasteiger partial charge in [-0.25, -0.2) is 4.79 Å². The first kappa shape index (κ1) is 13.9. The molecule has 0 heterocycles. The third-order valence-electron chi connectivity index (χ3n) is 3.12. The number of ether oxygens (including phenoxy) is 2. The molecule has 4 heteroatoms. The third-order valence-corrected chi connectivity index (χ3v) is 3.12. The first-order valence-corrected chi connectivity index (χ1v) is 6.69. The Morgan fingerprint density at radius 3 is 3.00 bits per heavy atom. The van der Waals surface area contributed by atoms with Crippen LogP contribution in [0.4, 0.5) is 0 Å². The van der Waals surface area contributed by atoms with Crippen molar-refractivity contribution in [1.82, 2.24) is 0 Å². The molecular weight excluding hydrogens is 244 g/mol. The molecule has 1 N–H and O–H groups in total. The zero-order chi connectivity index (χ0) is 13.8.